The predicted molar refractivity (Wildman–Crippen MR) is 107 cm³/mol. The molecular weight excluding hydrogens is 354 g/mol. The number of carbonyl (C=O) groups excluding carboxylic acids is 1. The molecule has 3 N–H and O–H groups in total. The Kier molecular flexibility index (Phi) is 5.85. The Labute approximate surface area is 165 Å². The lowest BCUT2D eigenvalue weighted by Crippen LogP contribution is -2.51. The Hall–Kier alpha value is -2.48. The van der Waals surface area contributed by atoms with E-state index in [-0.39, 0.29) is 18.0 Å². The highest BCUT2D eigenvalue weighted by atomic mass is 16.5. The summed E-state index contributed by atoms with van der Waals surface area (Å²) >= 11 is 0. The first kappa shape index (κ1) is 18.9. The van der Waals surface area contributed by atoms with Crippen molar-refractivity contribution in [3.63, 3.8) is 0 Å². The lowest BCUT2D eigenvalue weighted by Gasteiger charge is -2.35. The van der Waals surface area contributed by atoms with Crippen LogP contribution in [-0.2, 0) is 0 Å². The minimum atomic E-state index is -0.0327. The van der Waals surface area contributed by atoms with Gasteiger partial charge in [0.1, 0.15) is 5.75 Å². The second kappa shape index (κ2) is 8.68. The first-order chi connectivity index (χ1) is 13.7. The van der Waals surface area contributed by atoms with Gasteiger partial charge in [0.05, 0.1) is 19.3 Å². The summed E-state index contributed by atoms with van der Waals surface area (Å²) in [5.74, 6) is 0.667. The zero-order valence-electron chi connectivity index (χ0n) is 16.1. The van der Waals surface area contributed by atoms with E-state index in [0.29, 0.717) is 17.5 Å². The molecule has 2 saturated heterocycles. The minimum absolute atomic E-state index is 0.0327. The molecule has 2 aliphatic heterocycles. The van der Waals surface area contributed by atoms with Gasteiger partial charge in [-0.15, -0.1) is 0 Å². The van der Waals surface area contributed by atoms with Crippen LogP contribution in [0.2, 0.25) is 0 Å². The van der Waals surface area contributed by atoms with Crippen molar-refractivity contribution in [3.8, 4) is 5.75 Å². The number of benzene rings is 1. The number of pyridine rings is 1. The second-order valence-electron chi connectivity index (χ2n) is 7.39. The van der Waals surface area contributed by atoms with Crippen molar-refractivity contribution in [1.29, 1.82) is 0 Å². The normalized spacial score (nSPS) is 23.5. The van der Waals surface area contributed by atoms with Gasteiger partial charge in [-0.2, -0.15) is 0 Å². The maximum Gasteiger partial charge on any atom is 0.251 e. The van der Waals surface area contributed by atoms with Crippen molar-refractivity contribution in [3.05, 3.63) is 59.9 Å². The Bertz CT molecular complexity index is 792. The summed E-state index contributed by atoms with van der Waals surface area (Å²) in [5.41, 5.74) is 8.65. The van der Waals surface area contributed by atoms with Crippen LogP contribution in [0.5, 0.6) is 5.75 Å². The summed E-state index contributed by atoms with van der Waals surface area (Å²) in [7, 11) is 1.61. The quantitative estimate of drug-likeness (QED) is 0.734. The van der Waals surface area contributed by atoms with Gasteiger partial charge in [-0.05, 0) is 49.1 Å². The number of methoxy groups -OCH3 is 1. The molecule has 7 nitrogen and oxygen atoms in total. The molecule has 0 radical (unpaired) electrons. The number of hydrogen-bond acceptors (Lipinski definition) is 6. The van der Waals surface area contributed by atoms with E-state index in [0.717, 1.165) is 32.4 Å². The summed E-state index contributed by atoms with van der Waals surface area (Å²) in [6, 6.07) is 11.8. The van der Waals surface area contributed by atoms with Gasteiger partial charge in [-0.25, -0.2) is 10.9 Å². The Morgan fingerprint density at radius 3 is 2.82 bits per heavy atom. The van der Waals surface area contributed by atoms with E-state index >= 15 is 0 Å². The van der Waals surface area contributed by atoms with Crippen LogP contribution in [0.1, 0.15) is 41.2 Å². The third-order valence-electron chi connectivity index (χ3n) is 5.61. The number of nitrogens with one attached hydrogen (secondary N) is 3. The molecule has 1 aromatic heterocycles. The fourth-order valence-electron chi connectivity index (χ4n) is 3.97. The van der Waals surface area contributed by atoms with Gasteiger partial charge in [0.25, 0.3) is 5.91 Å². The summed E-state index contributed by atoms with van der Waals surface area (Å²) in [5, 5.41) is 3.17. The SMILES string of the molecule is COc1cccc(C(=O)NC2CCN(C3CC(c4cccnc4)NN3)CC2)c1. The minimum Gasteiger partial charge on any atom is -0.497 e. The number of carbonyl (C=O) groups is 1. The molecule has 0 spiro atoms. The van der Waals surface area contributed by atoms with Crippen molar-refractivity contribution in [1.82, 2.24) is 26.1 Å². The summed E-state index contributed by atoms with van der Waals surface area (Å²) < 4.78 is 5.20. The van der Waals surface area contributed by atoms with Gasteiger partial charge in [0, 0.05) is 37.1 Å². The number of ether oxygens (including phenoxy) is 1. The highest BCUT2D eigenvalue weighted by Crippen LogP contribution is 2.25. The van der Waals surface area contributed by atoms with Crippen molar-refractivity contribution >= 4 is 5.91 Å². The third kappa shape index (κ3) is 4.32. The first-order valence-corrected chi connectivity index (χ1v) is 9.83. The Balaban J connectivity index is 1.26. The topological polar surface area (TPSA) is 78.5 Å². The van der Waals surface area contributed by atoms with E-state index in [1.54, 1.807) is 19.4 Å². The van der Waals surface area contributed by atoms with E-state index in [1.165, 1.54) is 5.56 Å². The monoisotopic (exact) mass is 381 g/mol. The van der Waals surface area contributed by atoms with Gasteiger partial charge >= 0.3 is 0 Å². The molecule has 0 saturated carbocycles. The number of aromatic nitrogens is 1. The van der Waals surface area contributed by atoms with Crippen LogP contribution in [0.3, 0.4) is 0 Å². The number of amides is 1. The first-order valence-electron chi connectivity index (χ1n) is 9.83. The molecule has 28 heavy (non-hydrogen) atoms. The molecule has 1 amide bonds. The van der Waals surface area contributed by atoms with Crippen LogP contribution in [0.15, 0.2) is 48.8 Å². The zero-order valence-corrected chi connectivity index (χ0v) is 16.1. The number of nitrogens with zero attached hydrogens (tertiary/aromatic N) is 2. The number of hydrogen-bond donors (Lipinski definition) is 3. The van der Waals surface area contributed by atoms with Crippen molar-refractivity contribution in [2.45, 2.75) is 37.5 Å². The van der Waals surface area contributed by atoms with Gasteiger partial charge in [0.15, 0.2) is 0 Å². The standard InChI is InChI=1S/C21H27N5O2/c1-28-18-6-2-4-15(12-18)21(27)23-17-7-10-26(11-8-17)20-13-19(24-25-20)16-5-3-9-22-14-16/h2-6,9,12,14,17,19-20,24-25H,7-8,10-11,13H2,1H3,(H,23,27). The highest BCUT2D eigenvalue weighted by Gasteiger charge is 2.32. The van der Waals surface area contributed by atoms with Crippen LogP contribution in [0.4, 0.5) is 0 Å². The number of rotatable bonds is 5. The van der Waals surface area contributed by atoms with Crippen LogP contribution in [-0.4, -0.2) is 48.2 Å². The van der Waals surface area contributed by atoms with E-state index in [2.05, 4.69) is 32.1 Å². The average molecular weight is 381 g/mol. The van der Waals surface area contributed by atoms with Crippen molar-refractivity contribution < 1.29 is 9.53 Å². The average Bonchev–Trinajstić information content (AvgIpc) is 3.25. The number of hydrazine groups is 1. The van der Waals surface area contributed by atoms with E-state index in [1.807, 2.05) is 30.5 Å². The maximum absolute atomic E-state index is 12.5. The molecule has 1 aromatic carbocycles. The van der Waals surface area contributed by atoms with E-state index < -0.39 is 0 Å². The van der Waals surface area contributed by atoms with Gasteiger partial charge in [0.2, 0.25) is 0 Å². The second-order valence-corrected chi connectivity index (χ2v) is 7.39. The van der Waals surface area contributed by atoms with Crippen molar-refractivity contribution in [2.75, 3.05) is 20.2 Å². The number of likely N-dealkylation sites (tertiary alicyclic amines) is 1. The van der Waals surface area contributed by atoms with Crippen LogP contribution in [0.25, 0.3) is 0 Å². The highest BCUT2D eigenvalue weighted by molar-refractivity contribution is 5.94. The third-order valence-corrected chi connectivity index (χ3v) is 5.61. The van der Waals surface area contributed by atoms with Crippen LogP contribution >= 0.6 is 0 Å². The van der Waals surface area contributed by atoms with E-state index in [4.69, 9.17) is 4.74 Å². The Morgan fingerprint density at radius 1 is 1.21 bits per heavy atom. The summed E-state index contributed by atoms with van der Waals surface area (Å²) in [4.78, 5) is 19.2. The summed E-state index contributed by atoms with van der Waals surface area (Å²) in [6.45, 7) is 1.92. The van der Waals surface area contributed by atoms with Gasteiger partial charge < -0.3 is 10.1 Å². The van der Waals surface area contributed by atoms with E-state index in [9.17, 15) is 4.79 Å². The Morgan fingerprint density at radius 2 is 2.07 bits per heavy atom. The molecule has 2 atom stereocenters. The molecule has 2 fully saturated rings. The number of piperidine rings is 1. The fraction of sp³-hybridized carbons (Fsp3) is 0.429. The largest absolute Gasteiger partial charge is 0.497 e. The summed E-state index contributed by atoms with van der Waals surface area (Å²) in [6.07, 6.45) is 6.93. The fourth-order valence-corrected chi connectivity index (χ4v) is 3.97. The zero-order chi connectivity index (χ0) is 19.3. The molecular formula is C21H27N5O2. The molecule has 7 heteroatoms. The predicted octanol–water partition coefficient (Wildman–Crippen LogP) is 1.85. The van der Waals surface area contributed by atoms with Crippen LogP contribution < -0.4 is 20.9 Å². The molecule has 148 valence electrons. The molecule has 0 bridgehead atoms. The van der Waals surface area contributed by atoms with Gasteiger partial charge in [-0.1, -0.05) is 12.1 Å². The molecule has 2 aromatic rings. The van der Waals surface area contributed by atoms with Crippen molar-refractivity contribution in [2.24, 2.45) is 0 Å². The van der Waals surface area contributed by atoms with Gasteiger partial charge in [-0.3, -0.25) is 14.7 Å². The molecule has 0 aliphatic carbocycles. The molecule has 3 heterocycles. The molecule has 2 aliphatic rings. The lowest BCUT2D eigenvalue weighted by molar-refractivity contribution is 0.0879. The lowest BCUT2D eigenvalue weighted by atomic mass is 10.0. The molecule has 4 rings (SSSR count). The smallest absolute Gasteiger partial charge is 0.251 e. The van der Waals surface area contributed by atoms with Crippen LogP contribution in [0, 0.1) is 0 Å². The molecule has 2 unspecified atom stereocenters. The maximum atomic E-state index is 12.5.